The Morgan fingerprint density at radius 2 is 1.90 bits per heavy atom. The maximum absolute atomic E-state index is 14.4. The molecule has 1 saturated carbocycles. The van der Waals surface area contributed by atoms with Crippen LogP contribution in [0.1, 0.15) is 32.1 Å². The molecule has 0 radical (unpaired) electrons. The molecule has 1 aliphatic carbocycles. The van der Waals surface area contributed by atoms with Crippen LogP contribution in [0.4, 0.5) is 21.6 Å². The Labute approximate surface area is 182 Å². The quantitative estimate of drug-likeness (QED) is 0.547. The summed E-state index contributed by atoms with van der Waals surface area (Å²) in [6.45, 7) is 0. The normalized spacial score (nSPS) is 15.2. The SMILES string of the molecule is COc1cc(=O)n(C)c(Nc2ccc(I)cc2F)c1NS(=O)(=O)C1CCCCC1. The molecule has 1 aliphatic rings. The fourth-order valence-corrected chi connectivity index (χ4v) is 5.46. The highest BCUT2D eigenvalue weighted by Gasteiger charge is 2.30. The minimum Gasteiger partial charge on any atom is -0.494 e. The number of ether oxygens (including phenoxy) is 1. The first-order chi connectivity index (χ1) is 13.7. The Kier molecular flexibility index (Phi) is 6.72. The highest BCUT2D eigenvalue weighted by Crippen LogP contribution is 2.36. The third kappa shape index (κ3) is 4.85. The van der Waals surface area contributed by atoms with E-state index in [1.165, 1.54) is 36.9 Å². The summed E-state index contributed by atoms with van der Waals surface area (Å²) in [6.07, 6.45) is 3.90. The van der Waals surface area contributed by atoms with E-state index in [4.69, 9.17) is 4.74 Å². The lowest BCUT2D eigenvalue weighted by Gasteiger charge is -2.25. The van der Waals surface area contributed by atoms with Crippen molar-refractivity contribution in [1.82, 2.24) is 4.57 Å². The molecule has 3 rings (SSSR count). The van der Waals surface area contributed by atoms with Crippen LogP contribution < -0.4 is 20.3 Å². The first kappa shape index (κ1) is 21.9. The Hall–Kier alpha value is -1.82. The van der Waals surface area contributed by atoms with E-state index in [-0.39, 0.29) is 22.9 Å². The lowest BCUT2D eigenvalue weighted by Crippen LogP contribution is -2.31. The third-order valence-corrected chi connectivity index (χ3v) is 7.55. The molecule has 0 amide bonds. The molecule has 10 heteroatoms. The van der Waals surface area contributed by atoms with E-state index >= 15 is 0 Å². The highest BCUT2D eigenvalue weighted by molar-refractivity contribution is 14.1. The van der Waals surface area contributed by atoms with Crippen LogP contribution in [0.2, 0.25) is 0 Å². The number of hydrogen-bond acceptors (Lipinski definition) is 5. The molecular formula is C19H23FIN3O4S. The molecule has 1 aromatic heterocycles. The molecule has 0 unspecified atom stereocenters. The Morgan fingerprint density at radius 3 is 2.52 bits per heavy atom. The molecule has 1 aromatic carbocycles. The van der Waals surface area contributed by atoms with Gasteiger partial charge in [0, 0.05) is 16.7 Å². The van der Waals surface area contributed by atoms with Crippen molar-refractivity contribution in [2.75, 3.05) is 17.1 Å². The zero-order chi connectivity index (χ0) is 21.2. The first-order valence-electron chi connectivity index (χ1n) is 9.24. The van der Waals surface area contributed by atoms with E-state index in [9.17, 15) is 17.6 Å². The van der Waals surface area contributed by atoms with Crippen molar-refractivity contribution < 1.29 is 17.5 Å². The van der Waals surface area contributed by atoms with Gasteiger partial charge in [0.2, 0.25) is 10.0 Å². The minimum atomic E-state index is -3.71. The van der Waals surface area contributed by atoms with Gasteiger partial charge in [0.1, 0.15) is 17.3 Å². The molecule has 0 atom stereocenters. The second kappa shape index (κ2) is 8.90. The van der Waals surface area contributed by atoms with Crippen LogP contribution in [0.15, 0.2) is 29.1 Å². The van der Waals surface area contributed by atoms with E-state index < -0.39 is 26.6 Å². The monoisotopic (exact) mass is 535 g/mol. The molecule has 0 saturated heterocycles. The van der Waals surface area contributed by atoms with Gasteiger partial charge in [-0.05, 0) is 53.6 Å². The second-order valence-electron chi connectivity index (χ2n) is 6.99. The zero-order valence-electron chi connectivity index (χ0n) is 16.2. The first-order valence-corrected chi connectivity index (χ1v) is 11.9. The van der Waals surface area contributed by atoms with E-state index in [2.05, 4.69) is 10.0 Å². The number of halogens is 2. The molecule has 1 fully saturated rings. The van der Waals surface area contributed by atoms with Gasteiger partial charge in [-0.3, -0.25) is 14.1 Å². The fraction of sp³-hybridized carbons (Fsp3) is 0.421. The average molecular weight is 535 g/mol. The number of hydrogen-bond donors (Lipinski definition) is 2. The molecule has 2 N–H and O–H groups in total. The van der Waals surface area contributed by atoms with Gasteiger partial charge in [-0.15, -0.1) is 0 Å². The predicted molar refractivity (Wildman–Crippen MR) is 120 cm³/mol. The summed E-state index contributed by atoms with van der Waals surface area (Å²) in [5.41, 5.74) is -0.221. The summed E-state index contributed by atoms with van der Waals surface area (Å²) < 4.78 is 50.1. The number of pyridine rings is 1. The lowest BCUT2D eigenvalue weighted by molar-refractivity contribution is 0.415. The van der Waals surface area contributed by atoms with Crippen LogP contribution in [-0.2, 0) is 17.1 Å². The van der Waals surface area contributed by atoms with E-state index in [0.29, 0.717) is 16.4 Å². The van der Waals surface area contributed by atoms with Gasteiger partial charge in [-0.1, -0.05) is 19.3 Å². The van der Waals surface area contributed by atoms with Crippen LogP contribution in [0, 0.1) is 9.39 Å². The zero-order valence-corrected chi connectivity index (χ0v) is 19.1. The van der Waals surface area contributed by atoms with Gasteiger partial charge in [0.25, 0.3) is 5.56 Å². The van der Waals surface area contributed by atoms with Crippen molar-refractivity contribution in [3.63, 3.8) is 0 Å². The fourth-order valence-electron chi connectivity index (χ4n) is 3.40. The number of rotatable bonds is 6. The number of methoxy groups -OCH3 is 1. The van der Waals surface area contributed by atoms with Crippen molar-refractivity contribution in [1.29, 1.82) is 0 Å². The number of sulfonamides is 1. The Bertz CT molecular complexity index is 1070. The maximum Gasteiger partial charge on any atom is 0.255 e. The molecular weight excluding hydrogens is 512 g/mol. The van der Waals surface area contributed by atoms with Gasteiger partial charge < -0.3 is 10.1 Å². The molecule has 1 heterocycles. The summed E-state index contributed by atoms with van der Waals surface area (Å²) in [6, 6.07) is 5.78. The number of nitrogens with zero attached hydrogens (tertiary/aromatic N) is 1. The topological polar surface area (TPSA) is 89.4 Å². The number of anilines is 3. The molecule has 0 aliphatic heterocycles. The van der Waals surface area contributed by atoms with Gasteiger partial charge in [0.05, 0.1) is 18.0 Å². The smallest absolute Gasteiger partial charge is 0.255 e. The Morgan fingerprint density at radius 1 is 1.21 bits per heavy atom. The van der Waals surface area contributed by atoms with Crippen molar-refractivity contribution >= 4 is 49.8 Å². The molecule has 2 aromatic rings. The standard InChI is InChI=1S/C19H23FIN3O4S/c1-24-17(25)11-16(28-2)18(23-29(26,27)13-6-4-3-5-7-13)19(24)22-15-9-8-12(21)10-14(15)20/h8-11,13,22-23H,3-7H2,1-2H3. The average Bonchev–Trinajstić information content (AvgIpc) is 2.69. The van der Waals surface area contributed by atoms with Crippen molar-refractivity contribution in [2.24, 2.45) is 7.05 Å². The summed E-state index contributed by atoms with van der Waals surface area (Å²) >= 11 is 1.99. The van der Waals surface area contributed by atoms with Crippen LogP contribution >= 0.6 is 22.6 Å². The summed E-state index contributed by atoms with van der Waals surface area (Å²) in [4.78, 5) is 12.3. The maximum atomic E-state index is 14.4. The van der Waals surface area contributed by atoms with Gasteiger partial charge in [0.15, 0.2) is 5.75 Å². The number of benzene rings is 1. The lowest BCUT2D eigenvalue weighted by atomic mass is 10.0. The van der Waals surface area contributed by atoms with Gasteiger partial charge in [-0.2, -0.15) is 0 Å². The number of aromatic nitrogens is 1. The van der Waals surface area contributed by atoms with Gasteiger partial charge in [-0.25, -0.2) is 12.8 Å². The molecule has 7 nitrogen and oxygen atoms in total. The van der Waals surface area contributed by atoms with E-state index in [1.807, 2.05) is 22.6 Å². The van der Waals surface area contributed by atoms with Crippen molar-refractivity contribution in [3.05, 3.63) is 44.0 Å². The van der Waals surface area contributed by atoms with E-state index in [0.717, 1.165) is 19.3 Å². The molecule has 0 spiro atoms. The van der Waals surface area contributed by atoms with Crippen LogP contribution in [0.25, 0.3) is 0 Å². The summed E-state index contributed by atoms with van der Waals surface area (Å²) in [7, 11) is -0.882. The Balaban J connectivity index is 2.07. The molecule has 158 valence electrons. The van der Waals surface area contributed by atoms with Crippen molar-refractivity contribution in [2.45, 2.75) is 37.4 Å². The molecule has 0 bridgehead atoms. The van der Waals surface area contributed by atoms with Crippen LogP contribution in [0.3, 0.4) is 0 Å². The van der Waals surface area contributed by atoms with Crippen LogP contribution in [-0.4, -0.2) is 25.3 Å². The van der Waals surface area contributed by atoms with Crippen molar-refractivity contribution in [3.8, 4) is 5.75 Å². The van der Waals surface area contributed by atoms with Gasteiger partial charge >= 0.3 is 0 Å². The molecule has 29 heavy (non-hydrogen) atoms. The summed E-state index contributed by atoms with van der Waals surface area (Å²) in [5, 5.41) is 2.34. The summed E-state index contributed by atoms with van der Waals surface area (Å²) in [5.74, 6) is -0.344. The van der Waals surface area contributed by atoms with E-state index in [1.54, 1.807) is 6.07 Å². The third-order valence-electron chi connectivity index (χ3n) is 5.04. The second-order valence-corrected chi connectivity index (χ2v) is 10.2. The minimum absolute atomic E-state index is 0.0703. The number of nitrogens with one attached hydrogen (secondary N) is 2. The predicted octanol–water partition coefficient (Wildman–Crippen LogP) is 3.96. The largest absolute Gasteiger partial charge is 0.494 e. The van der Waals surface area contributed by atoms with Crippen LogP contribution in [0.5, 0.6) is 5.75 Å². The highest BCUT2D eigenvalue weighted by atomic mass is 127.